The fourth-order valence-corrected chi connectivity index (χ4v) is 1.66. The van der Waals surface area contributed by atoms with Crippen LogP contribution < -0.4 is 0 Å². The molecule has 0 bridgehead atoms. The zero-order valence-electron chi connectivity index (χ0n) is 7.05. The molecule has 0 fully saturated rings. The summed E-state index contributed by atoms with van der Waals surface area (Å²) in [6.45, 7) is 0. The highest BCUT2D eigenvalue weighted by molar-refractivity contribution is 9.10. The minimum atomic E-state index is 0.612. The molecular weight excluding hydrogens is 244 g/mol. The molecule has 0 radical (unpaired) electrons. The normalized spacial score (nSPS) is 9.71. The van der Waals surface area contributed by atoms with Gasteiger partial charge in [-0.15, -0.1) is 0 Å². The van der Waals surface area contributed by atoms with Crippen LogP contribution in [0.5, 0.6) is 0 Å². The van der Waals surface area contributed by atoms with Crippen molar-refractivity contribution >= 4 is 15.9 Å². The fraction of sp³-hybridized carbons (Fsp3) is 0. The zero-order valence-corrected chi connectivity index (χ0v) is 8.64. The smallest absolute Gasteiger partial charge is 0.138 e. The maximum Gasteiger partial charge on any atom is 0.138 e. The zero-order chi connectivity index (χ0) is 9.97. The summed E-state index contributed by atoms with van der Waals surface area (Å²) in [6, 6.07) is 7.37. The van der Waals surface area contributed by atoms with Gasteiger partial charge in [0.15, 0.2) is 0 Å². The molecule has 1 heterocycles. The quantitative estimate of drug-likeness (QED) is 0.775. The molecule has 0 aliphatic heterocycles. The molecule has 0 saturated heterocycles. The van der Waals surface area contributed by atoms with Crippen LogP contribution in [0, 0.1) is 11.3 Å². The molecule has 5 heteroatoms. The first-order valence-electron chi connectivity index (χ1n) is 3.86. The van der Waals surface area contributed by atoms with Gasteiger partial charge < -0.3 is 0 Å². The van der Waals surface area contributed by atoms with Gasteiger partial charge in [-0.2, -0.15) is 10.4 Å². The molecule has 0 amide bonds. The first-order chi connectivity index (χ1) is 6.81. The molecule has 0 atom stereocenters. The van der Waals surface area contributed by atoms with Crippen LogP contribution in [-0.4, -0.2) is 14.8 Å². The van der Waals surface area contributed by atoms with Crippen LogP contribution in [0.2, 0.25) is 0 Å². The Morgan fingerprint density at radius 1 is 1.43 bits per heavy atom. The largest absolute Gasteiger partial charge is 0.223 e. The number of nitriles is 1. The van der Waals surface area contributed by atoms with Crippen LogP contribution in [0.4, 0.5) is 0 Å². The summed E-state index contributed by atoms with van der Waals surface area (Å²) < 4.78 is 2.45. The molecule has 0 unspecified atom stereocenters. The molecule has 0 N–H and O–H groups in total. The Balaban J connectivity index is 2.52. The van der Waals surface area contributed by atoms with E-state index in [-0.39, 0.29) is 0 Å². The molecule has 1 aromatic heterocycles. The van der Waals surface area contributed by atoms with Crippen molar-refractivity contribution < 1.29 is 0 Å². The summed E-state index contributed by atoms with van der Waals surface area (Å²) in [4.78, 5) is 3.85. The number of benzene rings is 1. The Morgan fingerprint density at radius 2 is 2.29 bits per heavy atom. The molecule has 2 aromatic rings. The second kappa shape index (κ2) is 3.60. The summed E-state index contributed by atoms with van der Waals surface area (Å²) in [6.07, 6.45) is 3.07. The molecule has 0 spiro atoms. The Kier molecular flexibility index (Phi) is 2.29. The van der Waals surface area contributed by atoms with E-state index in [4.69, 9.17) is 5.26 Å². The third kappa shape index (κ3) is 1.52. The van der Waals surface area contributed by atoms with E-state index in [9.17, 15) is 0 Å². The SMILES string of the molecule is N#Cc1ccc(-n2cncn2)c(Br)c1. The summed E-state index contributed by atoms with van der Waals surface area (Å²) in [5.41, 5.74) is 1.47. The number of rotatable bonds is 1. The second-order valence-corrected chi connectivity index (χ2v) is 3.47. The fourth-order valence-electron chi connectivity index (χ4n) is 1.09. The maximum atomic E-state index is 8.68. The van der Waals surface area contributed by atoms with E-state index in [1.807, 2.05) is 6.07 Å². The average Bonchev–Trinajstić information content (AvgIpc) is 2.70. The van der Waals surface area contributed by atoms with Crippen molar-refractivity contribution in [2.75, 3.05) is 0 Å². The van der Waals surface area contributed by atoms with Gasteiger partial charge in [0.05, 0.1) is 17.3 Å². The van der Waals surface area contributed by atoms with Crippen LogP contribution >= 0.6 is 15.9 Å². The summed E-state index contributed by atoms with van der Waals surface area (Å²) >= 11 is 3.37. The standard InChI is InChI=1S/C9H5BrN4/c10-8-3-7(4-11)1-2-9(8)14-6-12-5-13-14/h1-3,5-6H. The summed E-state index contributed by atoms with van der Waals surface area (Å²) in [5, 5.41) is 12.7. The number of nitrogens with zero attached hydrogens (tertiary/aromatic N) is 4. The number of hydrogen-bond acceptors (Lipinski definition) is 3. The third-order valence-corrected chi connectivity index (χ3v) is 2.38. The molecule has 0 saturated carbocycles. The van der Waals surface area contributed by atoms with Crippen LogP contribution in [0.1, 0.15) is 5.56 Å². The Hall–Kier alpha value is -1.67. The van der Waals surface area contributed by atoms with Gasteiger partial charge in [-0.05, 0) is 34.1 Å². The van der Waals surface area contributed by atoms with Crippen molar-refractivity contribution in [2.24, 2.45) is 0 Å². The van der Waals surface area contributed by atoms with Gasteiger partial charge in [0.25, 0.3) is 0 Å². The van der Waals surface area contributed by atoms with Crippen LogP contribution in [0.3, 0.4) is 0 Å². The van der Waals surface area contributed by atoms with Gasteiger partial charge in [0.1, 0.15) is 12.7 Å². The Labute approximate surface area is 88.9 Å². The van der Waals surface area contributed by atoms with Crippen molar-refractivity contribution in [3.63, 3.8) is 0 Å². The van der Waals surface area contributed by atoms with Crippen molar-refractivity contribution in [1.82, 2.24) is 14.8 Å². The minimum Gasteiger partial charge on any atom is -0.223 e. The predicted octanol–water partition coefficient (Wildman–Crippen LogP) is 1.90. The first kappa shape index (κ1) is 8.91. The molecule has 1 aromatic carbocycles. The molecular formula is C9H5BrN4. The van der Waals surface area contributed by atoms with E-state index in [1.165, 1.54) is 6.33 Å². The van der Waals surface area contributed by atoms with Crippen molar-refractivity contribution in [3.05, 3.63) is 40.9 Å². The highest BCUT2D eigenvalue weighted by Gasteiger charge is 2.03. The first-order valence-corrected chi connectivity index (χ1v) is 4.65. The van der Waals surface area contributed by atoms with E-state index in [2.05, 4.69) is 32.1 Å². The molecule has 0 aliphatic rings. The van der Waals surface area contributed by atoms with Gasteiger partial charge in [0, 0.05) is 4.47 Å². The molecule has 2 rings (SSSR count). The highest BCUT2D eigenvalue weighted by Crippen LogP contribution is 2.21. The number of halogens is 1. The van der Waals surface area contributed by atoms with Crippen molar-refractivity contribution in [2.45, 2.75) is 0 Å². The maximum absolute atomic E-state index is 8.68. The number of hydrogen-bond donors (Lipinski definition) is 0. The lowest BCUT2D eigenvalue weighted by molar-refractivity contribution is 0.874. The summed E-state index contributed by atoms with van der Waals surface area (Å²) in [5.74, 6) is 0. The van der Waals surface area contributed by atoms with E-state index in [0.29, 0.717) is 5.56 Å². The Morgan fingerprint density at radius 3 is 2.86 bits per heavy atom. The van der Waals surface area contributed by atoms with E-state index < -0.39 is 0 Å². The minimum absolute atomic E-state index is 0.612. The van der Waals surface area contributed by atoms with Gasteiger partial charge >= 0.3 is 0 Å². The van der Waals surface area contributed by atoms with Gasteiger partial charge in [-0.25, -0.2) is 9.67 Å². The lowest BCUT2D eigenvalue weighted by Crippen LogP contribution is -1.95. The van der Waals surface area contributed by atoms with E-state index >= 15 is 0 Å². The second-order valence-electron chi connectivity index (χ2n) is 2.62. The van der Waals surface area contributed by atoms with E-state index in [0.717, 1.165) is 10.2 Å². The lowest BCUT2D eigenvalue weighted by Gasteiger charge is -2.02. The molecule has 14 heavy (non-hydrogen) atoms. The molecule has 4 nitrogen and oxygen atoms in total. The monoisotopic (exact) mass is 248 g/mol. The Bertz CT molecular complexity index is 484. The number of aromatic nitrogens is 3. The van der Waals surface area contributed by atoms with Crippen molar-refractivity contribution in [1.29, 1.82) is 5.26 Å². The highest BCUT2D eigenvalue weighted by atomic mass is 79.9. The van der Waals surface area contributed by atoms with Gasteiger partial charge in [0.2, 0.25) is 0 Å². The van der Waals surface area contributed by atoms with Crippen LogP contribution in [0.15, 0.2) is 35.3 Å². The topological polar surface area (TPSA) is 54.5 Å². The van der Waals surface area contributed by atoms with Gasteiger partial charge in [-0.1, -0.05) is 0 Å². The summed E-state index contributed by atoms with van der Waals surface area (Å²) in [7, 11) is 0. The molecule has 0 aliphatic carbocycles. The average molecular weight is 249 g/mol. The third-order valence-electron chi connectivity index (χ3n) is 1.74. The van der Waals surface area contributed by atoms with E-state index in [1.54, 1.807) is 23.1 Å². The predicted molar refractivity (Wildman–Crippen MR) is 53.8 cm³/mol. The lowest BCUT2D eigenvalue weighted by atomic mass is 10.2. The van der Waals surface area contributed by atoms with Gasteiger partial charge in [-0.3, -0.25) is 0 Å². The van der Waals surface area contributed by atoms with Crippen molar-refractivity contribution in [3.8, 4) is 11.8 Å². The van der Waals surface area contributed by atoms with Crippen LogP contribution in [-0.2, 0) is 0 Å². The molecule has 68 valence electrons. The van der Waals surface area contributed by atoms with Crippen LogP contribution in [0.25, 0.3) is 5.69 Å².